The van der Waals surface area contributed by atoms with Crippen molar-refractivity contribution >= 4 is 11.6 Å². The molecule has 206 valence electrons. The van der Waals surface area contributed by atoms with Gasteiger partial charge >= 0.3 is 0 Å². The zero-order valence-corrected chi connectivity index (χ0v) is 22.7. The molecular formula is C33H40FN3O2. The number of rotatable bonds is 11. The molecule has 1 amide bonds. The molecule has 6 heteroatoms. The van der Waals surface area contributed by atoms with Gasteiger partial charge < -0.3 is 15.0 Å². The van der Waals surface area contributed by atoms with Crippen LogP contribution >= 0.6 is 0 Å². The first-order valence-corrected chi connectivity index (χ1v) is 14.4. The number of anilines is 1. The minimum Gasteiger partial charge on any atom is -0.492 e. The number of halogens is 1. The van der Waals surface area contributed by atoms with Gasteiger partial charge in [-0.3, -0.25) is 9.69 Å². The van der Waals surface area contributed by atoms with E-state index in [9.17, 15) is 9.18 Å². The third kappa shape index (κ3) is 7.90. The van der Waals surface area contributed by atoms with E-state index in [0.717, 1.165) is 63.3 Å². The second-order valence-corrected chi connectivity index (χ2v) is 10.9. The Balaban J connectivity index is 1.27. The molecule has 2 unspecified atom stereocenters. The summed E-state index contributed by atoms with van der Waals surface area (Å²) in [6.07, 6.45) is 6.92. The number of carbonyl (C=O) groups excluding carboxylic acids is 1. The van der Waals surface area contributed by atoms with Crippen molar-refractivity contribution in [3.8, 4) is 5.75 Å². The second kappa shape index (κ2) is 13.7. The number of nitrogens with zero attached hydrogens (tertiary/aromatic N) is 2. The van der Waals surface area contributed by atoms with Crippen molar-refractivity contribution in [2.24, 2.45) is 5.92 Å². The van der Waals surface area contributed by atoms with E-state index in [1.807, 2.05) is 35.2 Å². The van der Waals surface area contributed by atoms with Gasteiger partial charge in [-0.05, 0) is 93.1 Å². The molecule has 1 saturated carbocycles. The Labute approximate surface area is 232 Å². The van der Waals surface area contributed by atoms with Crippen LogP contribution in [0, 0.1) is 11.7 Å². The molecular weight excluding hydrogens is 489 g/mol. The van der Waals surface area contributed by atoms with Crippen molar-refractivity contribution in [2.75, 3.05) is 37.7 Å². The van der Waals surface area contributed by atoms with E-state index < -0.39 is 0 Å². The second-order valence-electron chi connectivity index (χ2n) is 10.9. The molecule has 3 aromatic rings. The average Bonchev–Trinajstić information content (AvgIpc) is 3.49. The fraction of sp³-hybridized carbons (Fsp3) is 0.424. The van der Waals surface area contributed by atoms with E-state index in [-0.39, 0.29) is 11.7 Å². The molecule has 0 bridgehead atoms. The molecule has 5 nitrogen and oxygen atoms in total. The summed E-state index contributed by atoms with van der Waals surface area (Å²) in [5.41, 5.74) is 2.60. The molecule has 5 rings (SSSR count). The van der Waals surface area contributed by atoms with Crippen LogP contribution in [0.4, 0.5) is 10.1 Å². The lowest BCUT2D eigenvalue weighted by Gasteiger charge is -2.34. The minimum absolute atomic E-state index is 0.108. The molecule has 1 aliphatic heterocycles. The molecule has 3 aromatic carbocycles. The summed E-state index contributed by atoms with van der Waals surface area (Å²) in [4.78, 5) is 18.1. The topological polar surface area (TPSA) is 44.8 Å². The highest BCUT2D eigenvalue weighted by Crippen LogP contribution is 2.30. The number of hydrogen-bond acceptors (Lipinski definition) is 4. The Bertz CT molecular complexity index is 1180. The summed E-state index contributed by atoms with van der Waals surface area (Å²) in [5.74, 6) is 0.695. The summed E-state index contributed by atoms with van der Waals surface area (Å²) in [6.45, 7) is 5.32. The zero-order chi connectivity index (χ0) is 26.9. The lowest BCUT2D eigenvalue weighted by Crippen LogP contribution is -2.40. The van der Waals surface area contributed by atoms with Crippen molar-refractivity contribution in [2.45, 2.75) is 51.1 Å². The van der Waals surface area contributed by atoms with E-state index in [2.05, 4.69) is 34.5 Å². The lowest BCUT2D eigenvalue weighted by molar-refractivity contribution is 0.0979. The Morgan fingerprint density at radius 2 is 1.74 bits per heavy atom. The molecule has 1 N–H and O–H groups in total. The number of carbonyl (C=O) groups is 1. The number of amides is 1. The maximum atomic E-state index is 13.8. The van der Waals surface area contributed by atoms with Crippen LogP contribution in [0.15, 0.2) is 78.9 Å². The molecule has 1 aliphatic carbocycles. The van der Waals surface area contributed by atoms with Crippen LogP contribution in [0.3, 0.4) is 0 Å². The van der Waals surface area contributed by atoms with Gasteiger partial charge in [-0.25, -0.2) is 4.39 Å². The number of benzene rings is 3. The normalized spacial score (nSPS) is 19.6. The Hall–Kier alpha value is -3.22. The Kier molecular flexibility index (Phi) is 9.62. The molecule has 2 aliphatic rings. The van der Waals surface area contributed by atoms with Gasteiger partial charge in [-0.1, -0.05) is 42.8 Å². The maximum absolute atomic E-state index is 13.8. The molecule has 2 fully saturated rings. The first kappa shape index (κ1) is 27.4. The highest BCUT2D eigenvalue weighted by atomic mass is 19.1. The van der Waals surface area contributed by atoms with Crippen molar-refractivity contribution < 1.29 is 13.9 Å². The van der Waals surface area contributed by atoms with Gasteiger partial charge in [0.25, 0.3) is 5.91 Å². The Morgan fingerprint density at radius 3 is 2.54 bits per heavy atom. The van der Waals surface area contributed by atoms with Gasteiger partial charge in [0.15, 0.2) is 0 Å². The van der Waals surface area contributed by atoms with Crippen LogP contribution in [0.1, 0.15) is 54.4 Å². The zero-order valence-electron chi connectivity index (χ0n) is 22.7. The highest BCUT2D eigenvalue weighted by Gasteiger charge is 2.27. The predicted octanol–water partition coefficient (Wildman–Crippen LogP) is 6.30. The van der Waals surface area contributed by atoms with Gasteiger partial charge in [-0.2, -0.15) is 0 Å². The van der Waals surface area contributed by atoms with Crippen LogP contribution in [0.5, 0.6) is 5.75 Å². The van der Waals surface area contributed by atoms with E-state index in [1.165, 1.54) is 30.5 Å². The van der Waals surface area contributed by atoms with Crippen LogP contribution in [0.2, 0.25) is 0 Å². The third-order valence-electron chi connectivity index (χ3n) is 8.00. The highest BCUT2D eigenvalue weighted by molar-refractivity contribution is 6.06. The van der Waals surface area contributed by atoms with Crippen LogP contribution in [-0.4, -0.2) is 49.6 Å². The summed E-state index contributed by atoms with van der Waals surface area (Å²) >= 11 is 0. The van der Waals surface area contributed by atoms with E-state index in [1.54, 1.807) is 12.1 Å². The molecule has 2 atom stereocenters. The van der Waals surface area contributed by atoms with Gasteiger partial charge in [-0.15, -0.1) is 0 Å². The van der Waals surface area contributed by atoms with Gasteiger partial charge in [0.1, 0.15) is 18.2 Å². The van der Waals surface area contributed by atoms with Crippen molar-refractivity contribution in [3.63, 3.8) is 0 Å². The Morgan fingerprint density at radius 1 is 0.949 bits per heavy atom. The maximum Gasteiger partial charge on any atom is 0.258 e. The molecule has 0 aromatic heterocycles. The number of likely N-dealkylation sites (tertiary alicyclic amines) is 1. The van der Waals surface area contributed by atoms with Crippen LogP contribution in [0.25, 0.3) is 0 Å². The van der Waals surface area contributed by atoms with Crippen LogP contribution < -0.4 is 15.0 Å². The van der Waals surface area contributed by atoms with Crippen LogP contribution in [-0.2, 0) is 6.54 Å². The molecule has 1 saturated heterocycles. The summed E-state index contributed by atoms with van der Waals surface area (Å²) < 4.78 is 19.7. The van der Waals surface area contributed by atoms with E-state index >= 15 is 0 Å². The predicted molar refractivity (Wildman–Crippen MR) is 155 cm³/mol. The standard InChI is InChI=1S/C33H40FN3O2/c34-29-16-14-28(15-17-29)33(38)37(31-12-7-13-32(23-31)39-21-20-36-18-4-5-19-36)25-27-10-6-11-30(22-27)35-24-26-8-2-1-3-9-26/h1-3,7-9,12-17,23,27,30,35H,4-6,10-11,18-22,24-25H2. The smallest absolute Gasteiger partial charge is 0.258 e. The molecule has 0 spiro atoms. The summed E-state index contributed by atoms with van der Waals surface area (Å²) in [7, 11) is 0. The van der Waals surface area contributed by atoms with Crippen molar-refractivity contribution in [1.29, 1.82) is 0 Å². The van der Waals surface area contributed by atoms with Crippen molar-refractivity contribution in [1.82, 2.24) is 10.2 Å². The summed E-state index contributed by atoms with van der Waals surface area (Å²) in [5, 5.41) is 3.73. The monoisotopic (exact) mass is 529 g/mol. The quantitative estimate of drug-likeness (QED) is 0.317. The minimum atomic E-state index is -0.342. The fourth-order valence-corrected chi connectivity index (χ4v) is 5.85. The largest absolute Gasteiger partial charge is 0.492 e. The third-order valence-corrected chi connectivity index (χ3v) is 8.00. The number of hydrogen-bond donors (Lipinski definition) is 1. The first-order chi connectivity index (χ1) is 19.1. The van der Waals surface area contributed by atoms with E-state index in [4.69, 9.17) is 4.74 Å². The van der Waals surface area contributed by atoms with Gasteiger partial charge in [0.2, 0.25) is 0 Å². The van der Waals surface area contributed by atoms with Gasteiger partial charge in [0.05, 0.1) is 0 Å². The van der Waals surface area contributed by atoms with Crippen molar-refractivity contribution in [3.05, 3.63) is 95.8 Å². The SMILES string of the molecule is O=C(c1ccc(F)cc1)N(CC1CCCC(NCc2ccccc2)C1)c1cccc(OCCN2CCCC2)c1. The molecule has 0 radical (unpaired) electrons. The molecule has 1 heterocycles. The van der Waals surface area contributed by atoms with Gasteiger partial charge in [0, 0.05) is 43.0 Å². The number of nitrogens with one attached hydrogen (secondary N) is 1. The molecule has 39 heavy (non-hydrogen) atoms. The van der Waals surface area contributed by atoms with E-state index in [0.29, 0.717) is 30.7 Å². The summed E-state index contributed by atoms with van der Waals surface area (Å²) in [6, 6.07) is 24.6. The average molecular weight is 530 g/mol. The fourth-order valence-electron chi connectivity index (χ4n) is 5.85. The first-order valence-electron chi connectivity index (χ1n) is 14.4. The number of ether oxygens (including phenoxy) is 1. The lowest BCUT2D eigenvalue weighted by atomic mass is 9.85.